The number of rotatable bonds is 8. The van der Waals surface area contributed by atoms with Crippen LogP contribution in [0.15, 0.2) is 53.5 Å². The lowest BCUT2D eigenvalue weighted by atomic mass is 10.1. The second-order valence-corrected chi connectivity index (χ2v) is 8.77. The van der Waals surface area contributed by atoms with Gasteiger partial charge in [0.2, 0.25) is 0 Å². The lowest BCUT2D eigenvalue weighted by Gasteiger charge is -2.16. The van der Waals surface area contributed by atoms with Crippen molar-refractivity contribution in [1.29, 1.82) is 0 Å². The first kappa shape index (κ1) is 27.1. The minimum Gasteiger partial charge on any atom is -0.356 e. The second-order valence-electron chi connectivity index (χ2n) is 6.58. The Kier molecular flexibility index (Phi) is 10.7. The molecule has 2 N–H and O–H groups in total. The lowest BCUT2D eigenvalue weighted by molar-refractivity contribution is -0.138. The monoisotopic (exact) mass is 573 g/mol. The Labute approximate surface area is 196 Å². The summed E-state index contributed by atoms with van der Waals surface area (Å²) in [7, 11) is -1.84. The van der Waals surface area contributed by atoms with Gasteiger partial charge in [-0.25, -0.2) is 12.8 Å². The van der Waals surface area contributed by atoms with Crippen molar-refractivity contribution in [3.63, 3.8) is 0 Å². The largest absolute Gasteiger partial charge is 0.416 e. The van der Waals surface area contributed by atoms with E-state index in [1.165, 1.54) is 7.05 Å². The highest BCUT2D eigenvalue weighted by Crippen LogP contribution is 2.32. The Morgan fingerprint density at radius 2 is 1.74 bits per heavy atom. The van der Waals surface area contributed by atoms with Crippen LogP contribution in [-0.4, -0.2) is 33.7 Å². The SMILES string of the molecule is CN=C(NCCCS(=O)(=O)Cc1ccccc1)NCc1ccc(F)cc1C(F)(F)F.I. The number of halogens is 5. The van der Waals surface area contributed by atoms with Crippen LogP contribution in [0.1, 0.15) is 23.1 Å². The van der Waals surface area contributed by atoms with Gasteiger partial charge in [0, 0.05) is 20.1 Å². The van der Waals surface area contributed by atoms with Crippen molar-refractivity contribution in [3.05, 3.63) is 71.0 Å². The molecule has 0 aromatic heterocycles. The summed E-state index contributed by atoms with van der Waals surface area (Å²) < 4.78 is 76.7. The maximum absolute atomic E-state index is 13.2. The summed E-state index contributed by atoms with van der Waals surface area (Å²) in [6.45, 7) is 0.0460. The molecular formula is C20H24F4IN3O2S. The molecule has 2 rings (SSSR count). The molecule has 31 heavy (non-hydrogen) atoms. The predicted molar refractivity (Wildman–Crippen MR) is 124 cm³/mol. The maximum atomic E-state index is 13.2. The van der Waals surface area contributed by atoms with Gasteiger partial charge >= 0.3 is 6.18 Å². The highest BCUT2D eigenvalue weighted by molar-refractivity contribution is 14.0. The number of hydrogen-bond acceptors (Lipinski definition) is 3. The molecule has 2 aromatic rings. The van der Waals surface area contributed by atoms with Gasteiger partial charge in [0.1, 0.15) is 5.82 Å². The molecule has 0 aliphatic heterocycles. The van der Waals surface area contributed by atoms with Gasteiger partial charge in [-0.3, -0.25) is 4.99 Å². The Hall–Kier alpha value is -1.89. The quantitative estimate of drug-likeness (QED) is 0.164. The van der Waals surface area contributed by atoms with Crippen LogP contribution in [0.5, 0.6) is 0 Å². The van der Waals surface area contributed by atoms with Crippen molar-refractivity contribution in [2.45, 2.75) is 24.9 Å². The zero-order valence-corrected chi connectivity index (χ0v) is 19.9. The molecular weight excluding hydrogens is 549 g/mol. The van der Waals surface area contributed by atoms with Gasteiger partial charge in [0.15, 0.2) is 15.8 Å². The summed E-state index contributed by atoms with van der Waals surface area (Å²) in [5.74, 6) is -0.841. The minimum absolute atomic E-state index is 0. The van der Waals surface area contributed by atoms with E-state index in [2.05, 4.69) is 15.6 Å². The summed E-state index contributed by atoms with van der Waals surface area (Å²) in [4.78, 5) is 3.90. The van der Waals surface area contributed by atoms with Crippen LogP contribution in [-0.2, 0) is 28.3 Å². The number of alkyl halides is 3. The van der Waals surface area contributed by atoms with Crippen LogP contribution in [0.4, 0.5) is 17.6 Å². The van der Waals surface area contributed by atoms with Gasteiger partial charge in [-0.2, -0.15) is 13.2 Å². The molecule has 0 aliphatic rings. The summed E-state index contributed by atoms with van der Waals surface area (Å²) in [6, 6.07) is 11.3. The van der Waals surface area contributed by atoms with E-state index < -0.39 is 27.4 Å². The van der Waals surface area contributed by atoms with Crippen molar-refractivity contribution in [1.82, 2.24) is 10.6 Å². The van der Waals surface area contributed by atoms with Crippen molar-refractivity contribution >= 4 is 39.8 Å². The van der Waals surface area contributed by atoms with E-state index >= 15 is 0 Å². The van der Waals surface area contributed by atoms with Crippen molar-refractivity contribution in [3.8, 4) is 0 Å². The van der Waals surface area contributed by atoms with Crippen LogP contribution < -0.4 is 10.6 Å². The van der Waals surface area contributed by atoms with Crippen LogP contribution in [0, 0.1) is 5.82 Å². The fraction of sp³-hybridized carbons (Fsp3) is 0.350. The van der Waals surface area contributed by atoms with Crippen molar-refractivity contribution in [2.75, 3.05) is 19.3 Å². The van der Waals surface area contributed by atoms with Gasteiger partial charge in [0.05, 0.1) is 17.1 Å². The number of hydrogen-bond donors (Lipinski definition) is 2. The first-order chi connectivity index (χ1) is 14.1. The summed E-state index contributed by atoms with van der Waals surface area (Å²) in [6.07, 6.45) is -4.37. The van der Waals surface area contributed by atoms with Gasteiger partial charge in [-0.1, -0.05) is 36.4 Å². The molecule has 0 radical (unpaired) electrons. The molecule has 0 saturated heterocycles. The van der Waals surface area contributed by atoms with E-state index in [4.69, 9.17) is 0 Å². The Morgan fingerprint density at radius 1 is 1.06 bits per heavy atom. The van der Waals surface area contributed by atoms with E-state index in [9.17, 15) is 26.0 Å². The molecule has 11 heteroatoms. The first-order valence-electron chi connectivity index (χ1n) is 9.15. The molecule has 0 fully saturated rings. The molecule has 0 saturated carbocycles. The highest BCUT2D eigenvalue weighted by Gasteiger charge is 2.33. The zero-order valence-electron chi connectivity index (χ0n) is 16.7. The Balaban J connectivity index is 0.00000480. The van der Waals surface area contributed by atoms with Crippen LogP contribution in [0.3, 0.4) is 0 Å². The number of aliphatic imine (C=N–C) groups is 1. The number of sulfone groups is 1. The smallest absolute Gasteiger partial charge is 0.356 e. The average molecular weight is 573 g/mol. The zero-order chi connectivity index (χ0) is 22.2. The van der Waals surface area contributed by atoms with Gasteiger partial charge in [0.25, 0.3) is 0 Å². The Morgan fingerprint density at radius 3 is 2.35 bits per heavy atom. The molecule has 0 atom stereocenters. The van der Waals surface area contributed by atoms with Crippen LogP contribution >= 0.6 is 24.0 Å². The molecule has 0 aliphatic carbocycles. The standard InChI is InChI=1S/C20H23F4N3O2S.HI/c1-25-19(27-13-16-8-9-17(21)12-18(16)20(22,23)24)26-10-5-11-30(28,29)14-15-6-3-2-4-7-15;/h2-4,6-9,12H,5,10-11,13-14H2,1H3,(H2,25,26,27);1H. The number of guanidine groups is 1. The van der Waals surface area contributed by atoms with Gasteiger partial charge < -0.3 is 10.6 Å². The lowest BCUT2D eigenvalue weighted by Crippen LogP contribution is -2.38. The minimum atomic E-state index is -4.68. The maximum Gasteiger partial charge on any atom is 0.416 e. The van der Waals surface area contributed by atoms with E-state index in [-0.39, 0.29) is 60.1 Å². The van der Waals surface area contributed by atoms with Crippen molar-refractivity contribution < 1.29 is 26.0 Å². The first-order valence-corrected chi connectivity index (χ1v) is 11.0. The third-order valence-corrected chi connectivity index (χ3v) is 5.89. The normalized spacial score (nSPS) is 12.2. The molecule has 0 bridgehead atoms. The second kappa shape index (κ2) is 12.2. The molecule has 0 unspecified atom stereocenters. The van der Waals surface area contributed by atoms with Gasteiger partial charge in [-0.15, -0.1) is 24.0 Å². The highest BCUT2D eigenvalue weighted by atomic mass is 127. The molecule has 172 valence electrons. The topological polar surface area (TPSA) is 70.6 Å². The summed E-state index contributed by atoms with van der Waals surface area (Å²) in [5, 5.41) is 5.59. The molecule has 0 spiro atoms. The van der Waals surface area contributed by atoms with Crippen molar-refractivity contribution in [2.24, 2.45) is 4.99 Å². The third kappa shape index (κ3) is 9.42. The summed E-state index contributed by atoms with van der Waals surface area (Å²) >= 11 is 0. The molecule has 2 aromatic carbocycles. The number of nitrogens with zero attached hydrogens (tertiary/aromatic N) is 1. The average Bonchev–Trinajstić information content (AvgIpc) is 2.68. The third-order valence-electron chi connectivity index (χ3n) is 4.20. The Bertz CT molecular complexity index is 968. The molecule has 5 nitrogen and oxygen atoms in total. The van der Waals surface area contributed by atoms with Crippen LogP contribution in [0.25, 0.3) is 0 Å². The van der Waals surface area contributed by atoms with Crippen LogP contribution in [0.2, 0.25) is 0 Å². The van der Waals surface area contributed by atoms with Gasteiger partial charge in [-0.05, 0) is 29.7 Å². The number of nitrogens with one attached hydrogen (secondary N) is 2. The number of benzene rings is 2. The molecule has 0 amide bonds. The predicted octanol–water partition coefficient (Wildman–Crippen LogP) is 4.13. The summed E-state index contributed by atoms with van der Waals surface area (Å²) in [5.41, 5.74) is -0.475. The van der Waals surface area contributed by atoms with E-state index in [0.717, 1.165) is 12.1 Å². The fourth-order valence-electron chi connectivity index (χ4n) is 2.77. The van der Waals surface area contributed by atoms with E-state index in [1.54, 1.807) is 24.3 Å². The van der Waals surface area contributed by atoms with E-state index in [0.29, 0.717) is 18.1 Å². The van der Waals surface area contributed by atoms with E-state index in [1.807, 2.05) is 6.07 Å². The fourth-order valence-corrected chi connectivity index (χ4v) is 4.19. The molecule has 0 heterocycles.